The van der Waals surface area contributed by atoms with Crippen molar-refractivity contribution < 1.29 is 0 Å². The van der Waals surface area contributed by atoms with E-state index in [9.17, 15) is 0 Å². The van der Waals surface area contributed by atoms with Gasteiger partial charge in [0.1, 0.15) is 16.4 Å². The molecule has 0 saturated carbocycles. The number of benzene rings is 1. The van der Waals surface area contributed by atoms with Gasteiger partial charge in [-0.05, 0) is 24.8 Å². The Morgan fingerprint density at radius 1 is 1.16 bits per heavy atom. The van der Waals surface area contributed by atoms with Crippen LogP contribution in [-0.4, -0.2) is 35.3 Å². The minimum Gasteiger partial charge on any atom is -0.356 e. The summed E-state index contributed by atoms with van der Waals surface area (Å²) in [4.78, 5) is 15.1. The van der Waals surface area contributed by atoms with Crippen LogP contribution in [0.15, 0.2) is 44.9 Å². The summed E-state index contributed by atoms with van der Waals surface area (Å²) in [6.45, 7) is 1.81. The summed E-state index contributed by atoms with van der Waals surface area (Å²) in [5.41, 5.74) is 2.96. The van der Waals surface area contributed by atoms with Gasteiger partial charge in [-0.25, -0.2) is 9.97 Å². The second-order valence-corrected chi connectivity index (χ2v) is 8.04. The Labute approximate surface area is 158 Å². The number of anilines is 1. The highest BCUT2D eigenvalue weighted by molar-refractivity contribution is 7.98. The predicted octanol–water partition coefficient (Wildman–Crippen LogP) is 4.42. The van der Waals surface area contributed by atoms with Crippen LogP contribution >= 0.6 is 34.4 Å². The Balaban J connectivity index is 1.53. The standard InChI is InChI=1S/C17H17N5S3/c1-23-12-5-2-4-11(8-12)15-20-13(9-24-15)14-10-25-17(21-14)22-16-18-6-3-7-19-16/h2,4-5,8-10H,3,6-7H2,1H3,(H2,18,19,21,22). The van der Waals surface area contributed by atoms with Crippen molar-refractivity contribution in [2.75, 3.05) is 24.7 Å². The Hall–Kier alpha value is -1.90. The summed E-state index contributed by atoms with van der Waals surface area (Å²) < 4.78 is 0. The van der Waals surface area contributed by atoms with Gasteiger partial charge in [0.25, 0.3) is 0 Å². The van der Waals surface area contributed by atoms with Gasteiger partial charge >= 0.3 is 0 Å². The van der Waals surface area contributed by atoms with E-state index in [2.05, 4.69) is 56.5 Å². The van der Waals surface area contributed by atoms with Crippen molar-refractivity contribution >= 4 is 45.5 Å². The largest absolute Gasteiger partial charge is 0.356 e. The molecule has 8 heteroatoms. The molecule has 3 heterocycles. The van der Waals surface area contributed by atoms with Gasteiger partial charge in [-0.15, -0.1) is 34.4 Å². The number of thiazole rings is 2. The van der Waals surface area contributed by atoms with E-state index in [1.807, 2.05) is 5.38 Å². The average Bonchev–Trinajstić information content (AvgIpc) is 3.32. The quantitative estimate of drug-likeness (QED) is 0.649. The van der Waals surface area contributed by atoms with Crippen molar-refractivity contribution in [2.45, 2.75) is 11.3 Å². The van der Waals surface area contributed by atoms with Crippen LogP contribution in [0.25, 0.3) is 22.0 Å². The van der Waals surface area contributed by atoms with Crippen molar-refractivity contribution in [1.29, 1.82) is 0 Å². The van der Waals surface area contributed by atoms with Gasteiger partial charge in [-0.2, -0.15) is 0 Å². The van der Waals surface area contributed by atoms with Gasteiger partial charge in [0.15, 0.2) is 11.1 Å². The Bertz CT molecular complexity index is 899. The van der Waals surface area contributed by atoms with Crippen LogP contribution < -0.4 is 10.6 Å². The molecule has 0 aliphatic carbocycles. The topological polar surface area (TPSA) is 62.2 Å². The number of aliphatic imine (C=N–C) groups is 1. The van der Waals surface area contributed by atoms with Crippen molar-refractivity contribution in [2.24, 2.45) is 4.99 Å². The van der Waals surface area contributed by atoms with Crippen LogP contribution in [0.3, 0.4) is 0 Å². The Kier molecular flexibility index (Phi) is 5.00. The van der Waals surface area contributed by atoms with E-state index in [-0.39, 0.29) is 0 Å². The molecule has 0 fully saturated rings. The van der Waals surface area contributed by atoms with Gasteiger partial charge in [-0.3, -0.25) is 4.99 Å². The van der Waals surface area contributed by atoms with E-state index >= 15 is 0 Å². The minimum atomic E-state index is 0.806. The van der Waals surface area contributed by atoms with Gasteiger partial charge in [-0.1, -0.05) is 12.1 Å². The molecule has 1 aromatic carbocycles. The first-order valence-electron chi connectivity index (χ1n) is 7.93. The molecular weight excluding hydrogens is 370 g/mol. The van der Waals surface area contributed by atoms with E-state index in [0.717, 1.165) is 52.6 Å². The molecule has 3 aromatic rings. The first-order valence-corrected chi connectivity index (χ1v) is 10.9. The van der Waals surface area contributed by atoms with Crippen molar-refractivity contribution in [1.82, 2.24) is 15.3 Å². The van der Waals surface area contributed by atoms with Crippen LogP contribution in [-0.2, 0) is 0 Å². The monoisotopic (exact) mass is 387 g/mol. The molecular formula is C17H17N5S3. The van der Waals surface area contributed by atoms with Crippen LogP contribution in [0, 0.1) is 0 Å². The number of aromatic nitrogens is 2. The number of guanidine groups is 1. The summed E-state index contributed by atoms with van der Waals surface area (Å²) in [6.07, 6.45) is 3.16. The fraction of sp³-hybridized carbons (Fsp3) is 0.235. The van der Waals surface area contributed by atoms with Gasteiger partial charge in [0.05, 0.1) is 0 Å². The second kappa shape index (κ2) is 7.55. The van der Waals surface area contributed by atoms with E-state index in [1.54, 1.807) is 34.4 Å². The maximum atomic E-state index is 4.77. The maximum Gasteiger partial charge on any atom is 0.197 e. The number of thioether (sulfide) groups is 1. The third-order valence-corrected chi connectivity index (χ3v) is 6.08. The molecule has 0 saturated heterocycles. The Morgan fingerprint density at radius 2 is 2.04 bits per heavy atom. The number of hydrogen-bond acceptors (Lipinski definition) is 8. The van der Waals surface area contributed by atoms with Crippen LogP contribution in [0.1, 0.15) is 6.42 Å². The van der Waals surface area contributed by atoms with E-state index in [0.29, 0.717) is 0 Å². The molecule has 4 rings (SSSR count). The lowest BCUT2D eigenvalue weighted by atomic mass is 10.2. The van der Waals surface area contributed by atoms with Crippen molar-refractivity contribution in [3.8, 4) is 22.0 Å². The van der Waals surface area contributed by atoms with Gasteiger partial charge in [0, 0.05) is 34.3 Å². The maximum absolute atomic E-state index is 4.77. The Morgan fingerprint density at radius 3 is 2.88 bits per heavy atom. The number of hydrogen-bond donors (Lipinski definition) is 2. The molecule has 1 aliphatic heterocycles. The SMILES string of the molecule is CSc1cccc(-c2nc(-c3csc(NC4=NCCCN4)n3)cs2)c1. The molecule has 0 atom stereocenters. The first kappa shape index (κ1) is 16.6. The molecule has 128 valence electrons. The summed E-state index contributed by atoms with van der Waals surface area (Å²) in [7, 11) is 0. The van der Waals surface area contributed by atoms with Crippen molar-refractivity contribution in [3.05, 3.63) is 35.0 Å². The number of nitrogens with one attached hydrogen (secondary N) is 2. The third kappa shape index (κ3) is 3.86. The van der Waals surface area contributed by atoms with E-state index in [1.165, 1.54) is 4.90 Å². The lowest BCUT2D eigenvalue weighted by Gasteiger charge is -2.13. The van der Waals surface area contributed by atoms with Gasteiger partial charge in [0.2, 0.25) is 0 Å². The lowest BCUT2D eigenvalue weighted by Crippen LogP contribution is -2.35. The van der Waals surface area contributed by atoms with Crippen LogP contribution in [0.2, 0.25) is 0 Å². The third-order valence-electron chi connectivity index (χ3n) is 3.71. The molecule has 0 bridgehead atoms. The summed E-state index contributed by atoms with van der Waals surface area (Å²) >= 11 is 4.96. The molecule has 2 N–H and O–H groups in total. The lowest BCUT2D eigenvalue weighted by molar-refractivity contribution is 0.740. The zero-order valence-corrected chi connectivity index (χ0v) is 16.1. The molecule has 0 amide bonds. The highest BCUT2D eigenvalue weighted by Crippen LogP contribution is 2.32. The summed E-state index contributed by atoms with van der Waals surface area (Å²) in [5.74, 6) is 0.806. The van der Waals surface area contributed by atoms with Crippen molar-refractivity contribution in [3.63, 3.8) is 0 Å². The zero-order chi connectivity index (χ0) is 17.1. The molecule has 2 aromatic heterocycles. The highest BCUT2D eigenvalue weighted by Gasteiger charge is 2.12. The van der Waals surface area contributed by atoms with E-state index in [4.69, 9.17) is 4.98 Å². The highest BCUT2D eigenvalue weighted by atomic mass is 32.2. The smallest absolute Gasteiger partial charge is 0.197 e. The van der Waals surface area contributed by atoms with Crippen LogP contribution in [0.5, 0.6) is 0 Å². The first-order chi connectivity index (χ1) is 12.3. The van der Waals surface area contributed by atoms with Crippen LogP contribution in [0.4, 0.5) is 5.13 Å². The second-order valence-electron chi connectivity index (χ2n) is 5.44. The van der Waals surface area contributed by atoms with E-state index < -0.39 is 0 Å². The fourth-order valence-electron chi connectivity index (χ4n) is 2.45. The minimum absolute atomic E-state index is 0.806. The summed E-state index contributed by atoms with van der Waals surface area (Å²) in [6, 6.07) is 8.46. The molecule has 0 unspecified atom stereocenters. The summed E-state index contributed by atoms with van der Waals surface area (Å²) in [5, 5.41) is 12.4. The molecule has 1 aliphatic rings. The molecule has 25 heavy (non-hydrogen) atoms. The molecule has 5 nitrogen and oxygen atoms in total. The number of rotatable bonds is 4. The predicted molar refractivity (Wildman–Crippen MR) is 109 cm³/mol. The fourth-order valence-corrected chi connectivity index (χ4v) is 4.42. The molecule has 0 spiro atoms. The molecule has 0 radical (unpaired) electrons. The normalized spacial score (nSPS) is 14.0. The van der Waals surface area contributed by atoms with Gasteiger partial charge < -0.3 is 10.6 Å². The zero-order valence-electron chi connectivity index (χ0n) is 13.7. The number of nitrogens with zero attached hydrogens (tertiary/aromatic N) is 3. The average molecular weight is 388 g/mol.